The molecule has 0 aromatic heterocycles. The molecule has 2 aromatic carbocycles. The van der Waals surface area contributed by atoms with Gasteiger partial charge in [-0.1, -0.05) is 29.3 Å². The Morgan fingerprint density at radius 2 is 1.75 bits per heavy atom. The van der Waals surface area contributed by atoms with Gasteiger partial charge in [-0.2, -0.15) is 0 Å². The lowest BCUT2D eigenvalue weighted by atomic mass is 10.2. The van der Waals surface area contributed by atoms with Gasteiger partial charge in [-0.15, -0.1) is 0 Å². The SMILES string of the molecule is CC(=O)N(CCNC(=O)c1ccc(Cl)cc1)c1ccc(C)c(Cl)c1. The topological polar surface area (TPSA) is 49.4 Å². The van der Waals surface area contributed by atoms with Gasteiger partial charge in [0.25, 0.3) is 5.91 Å². The molecule has 0 spiro atoms. The maximum absolute atomic E-state index is 12.1. The molecule has 0 aliphatic rings. The van der Waals surface area contributed by atoms with E-state index in [0.29, 0.717) is 34.4 Å². The number of benzene rings is 2. The molecule has 2 rings (SSSR count). The summed E-state index contributed by atoms with van der Waals surface area (Å²) in [4.78, 5) is 25.5. The van der Waals surface area contributed by atoms with E-state index in [9.17, 15) is 9.59 Å². The van der Waals surface area contributed by atoms with Crippen molar-refractivity contribution in [1.29, 1.82) is 0 Å². The molecule has 0 fully saturated rings. The average molecular weight is 365 g/mol. The van der Waals surface area contributed by atoms with Crippen LogP contribution in [0.25, 0.3) is 0 Å². The number of hydrogen-bond donors (Lipinski definition) is 1. The number of aryl methyl sites for hydroxylation is 1. The minimum Gasteiger partial charge on any atom is -0.350 e. The van der Waals surface area contributed by atoms with Crippen LogP contribution in [0.4, 0.5) is 5.69 Å². The van der Waals surface area contributed by atoms with E-state index < -0.39 is 0 Å². The van der Waals surface area contributed by atoms with E-state index in [4.69, 9.17) is 23.2 Å². The predicted octanol–water partition coefficient (Wildman–Crippen LogP) is 4.08. The molecule has 0 aliphatic heterocycles. The first kappa shape index (κ1) is 18.3. The Kier molecular flexibility index (Phi) is 6.23. The molecule has 0 radical (unpaired) electrons. The second kappa shape index (κ2) is 8.18. The molecule has 2 aromatic rings. The zero-order valence-electron chi connectivity index (χ0n) is 13.5. The van der Waals surface area contributed by atoms with Crippen molar-refractivity contribution in [2.45, 2.75) is 13.8 Å². The van der Waals surface area contributed by atoms with Gasteiger partial charge in [-0.25, -0.2) is 0 Å². The van der Waals surface area contributed by atoms with Crippen molar-refractivity contribution in [3.63, 3.8) is 0 Å². The maximum Gasteiger partial charge on any atom is 0.251 e. The highest BCUT2D eigenvalue weighted by Gasteiger charge is 2.13. The summed E-state index contributed by atoms with van der Waals surface area (Å²) >= 11 is 11.9. The molecule has 0 heterocycles. The second-order valence-corrected chi connectivity index (χ2v) is 6.21. The molecule has 2 amide bonds. The normalized spacial score (nSPS) is 10.3. The lowest BCUT2D eigenvalue weighted by Gasteiger charge is -2.22. The van der Waals surface area contributed by atoms with E-state index in [0.717, 1.165) is 5.56 Å². The molecular formula is C18H18Cl2N2O2. The van der Waals surface area contributed by atoms with E-state index in [2.05, 4.69) is 5.32 Å². The molecule has 24 heavy (non-hydrogen) atoms. The molecule has 126 valence electrons. The first-order valence-electron chi connectivity index (χ1n) is 7.46. The average Bonchev–Trinajstić information content (AvgIpc) is 2.54. The van der Waals surface area contributed by atoms with Crippen molar-refractivity contribution in [1.82, 2.24) is 5.32 Å². The standard InChI is InChI=1S/C18H18Cl2N2O2/c1-12-3-8-16(11-17(12)20)22(13(2)23)10-9-21-18(24)14-4-6-15(19)7-5-14/h3-8,11H,9-10H2,1-2H3,(H,21,24). The molecule has 0 aliphatic carbocycles. The highest BCUT2D eigenvalue weighted by molar-refractivity contribution is 6.31. The highest BCUT2D eigenvalue weighted by atomic mass is 35.5. The number of carbonyl (C=O) groups is 2. The largest absolute Gasteiger partial charge is 0.350 e. The minimum atomic E-state index is -0.211. The lowest BCUT2D eigenvalue weighted by Crippen LogP contribution is -2.37. The number of hydrogen-bond acceptors (Lipinski definition) is 2. The van der Waals surface area contributed by atoms with Crippen LogP contribution in [0.15, 0.2) is 42.5 Å². The Hall–Kier alpha value is -2.04. The van der Waals surface area contributed by atoms with Crippen LogP contribution in [-0.4, -0.2) is 24.9 Å². The molecule has 6 heteroatoms. The van der Waals surface area contributed by atoms with E-state index in [-0.39, 0.29) is 11.8 Å². The first-order valence-corrected chi connectivity index (χ1v) is 8.22. The fraction of sp³-hybridized carbons (Fsp3) is 0.222. The van der Waals surface area contributed by atoms with Crippen molar-refractivity contribution >= 4 is 40.7 Å². The summed E-state index contributed by atoms with van der Waals surface area (Å²) in [7, 11) is 0. The fourth-order valence-electron chi connectivity index (χ4n) is 2.20. The summed E-state index contributed by atoms with van der Waals surface area (Å²) < 4.78 is 0. The number of carbonyl (C=O) groups excluding carboxylic acids is 2. The van der Waals surface area contributed by atoms with Gasteiger partial charge in [0.15, 0.2) is 0 Å². The highest BCUT2D eigenvalue weighted by Crippen LogP contribution is 2.23. The fourth-order valence-corrected chi connectivity index (χ4v) is 2.50. The maximum atomic E-state index is 12.1. The van der Waals surface area contributed by atoms with Crippen LogP contribution in [0, 0.1) is 6.92 Å². The van der Waals surface area contributed by atoms with Gasteiger partial charge in [0, 0.05) is 41.3 Å². The van der Waals surface area contributed by atoms with Crippen LogP contribution in [0.2, 0.25) is 10.0 Å². The number of amides is 2. The van der Waals surface area contributed by atoms with Crippen molar-refractivity contribution < 1.29 is 9.59 Å². The summed E-state index contributed by atoms with van der Waals surface area (Å²) in [5.41, 5.74) is 2.17. The summed E-state index contributed by atoms with van der Waals surface area (Å²) in [5.74, 6) is -0.326. The van der Waals surface area contributed by atoms with Gasteiger partial charge in [0.2, 0.25) is 5.91 Å². The van der Waals surface area contributed by atoms with E-state index in [1.54, 1.807) is 35.2 Å². The molecular weight excluding hydrogens is 347 g/mol. The third kappa shape index (κ3) is 4.73. The first-order chi connectivity index (χ1) is 11.4. The van der Waals surface area contributed by atoms with Gasteiger partial charge >= 0.3 is 0 Å². The van der Waals surface area contributed by atoms with Gasteiger partial charge in [0.05, 0.1) is 0 Å². The summed E-state index contributed by atoms with van der Waals surface area (Å²) in [5, 5.41) is 3.97. The van der Waals surface area contributed by atoms with E-state index in [1.165, 1.54) is 6.92 Å². The smallest absolute Gasteiger partial charge is 0.251 e. The molecule has 0 bridgehead atoms. The Balaban J connectivity index is 1.99. The zero-order valence-corrected chi connectivity index (χ0v) is 15.0. The Morgan fingerprint density at radius 1 is 1.08 bits per heavy atom. The van der Waals surface area contributed by atoms with E-state index >= 15 is 0 Å². The molecule has 0 saturated carbocycles. The third-order valence-corrected chi connectivity index (χ3v) is 4.23. The van der Waals surface area contributed by atoms with Crippen LogP contribution < -0.4 is 10.2 Å². The van der Waals surface area contributed by atoms with Crippen LogP contribution in [-0.2, 0) is 4.79 Å². The molecule has 0 saturated heterocycles. The second-order valence-electron chi connectivity index (χ2n) is 5.37. The summed E-state index contributed by atoms with van der Waals surface area (Å²) in [6.07, 6.45) is 0. The number of nitrogens with zero attached hydrogens (tertiary/aromatic N) is 1. The third-order valence-electron chi connectivity index (χ3n) is 3.57. The Morgan fingerprint density at radius 3 is 2.33 bits per heavy atom. The number of halogens is 2. The predicted molar refractivity (Wildman–Crippen MR) is 98.0 cm³/mol. The van der Waals surface area contributed by atoms with Crippen LogP contribution in [0.3, 0.4) is 0 Å². The van der Waals surface area contributed by atoms with E-state index in [1.807, 2.05) is 19.1 Å². The van der Waals surface area contributed by atoms with Crippen molar-refractivity contribution in [2.75, 3.05) is 18.0 Å². The summed E-state index contributed by atoms with van der Waals surface area (Å²) in [6.45, 7) is 4.06. The lowest BCUT2D eigenvalue weighted by molar-refractivity contribution is -0.116. The Labute approximate surface area is 151 Å². The van der Waals surface area contributed by atoms with Gasteiger partial charge in [-0.3, -0.25) is 9.59 Å². The van der Waals surface area contributed by atoms with Crippen LogP contribution in [0.5, 0.6) is 0 Å². The molecule has 4 nitrogen and oxygen atoms in total. The monoisotopic (exact) mass is 364 g/mol. The molecule has 0 atom stereocenters. The minimum absolute atomic E-state index is 0.115. The van der Waals surface area contributed by atoms with Crippen LogP contribution >= 0.6 is 23.2 Å². The number of nitrogens with one attached hydrogen (secondary N) is 1. The van der Waals surface area contributed by atoms with Crippen molar-refractivity contribution in [3.05, 3.63) is 63.6 Å². The molecule has 0 unspecified atom stereocenters. The van der Waals surface area contributed by atoms with Gasteiger partial charge < -0.3 is 10.2 Å². The van der Waals surface area contributed by atoms with Crippen molar-refractivity contribution in [3.8, 4) is 0 Å². The molecule has 1 N–H and O–H groups in total. The zero-order chi connectivity index (χ0) is 17.7. The van der Waals surface area contributed by atoms with Gasteiger partial charge in [0.1, 0.15) is 0 Å². The number of rotatable bonds is 5. The quantitative estimate of drug-likeness (QED) is 0.868. The Bertz CT molecular complexity index is 745. The van der Waals surface area contributed by atoms with Crippen LogP contribution in [0.1, 0.15) is 22.8 Å². The van der Waals surface area contributed by atoms with Crippen molar-refractivity contribution in [2.24, 2.45) is 0 Å². The number of anilines is 1. The summed E-state index contributed by atoms with van der Waals surface area (Å²) in [6, 6.07) is 12.1. The van der Waals surface area contributed by atoms with Gasteiger partial charge in [-0.05, 0) is 48.9 Å².